The van der Waals surface area contributed by atoms with Crippen LogP contribution >= 0.6 is 0 Å². The van der Waals surface area contributed by atoms with Crippen LogP contribution in [0.2, 0.25) is 0 Å². The number of hydrogen-bond acceptors (Lipinski definition) is 3. The highest BCUT2D eigenvalue weighted by Gasteiger charge is 2.32. The van der Waals surface area contributed by atoms with Crippen LogP contribution in [0.1, 0.15) is 32.1 Å². The molecule has 96 valence electrons. The maximum atomic E-state index is 11.9. The molecule has 2 rings (SSSR count). The number of fused-ring (bicyclic) bond motifs is 1. The molecule has 0 aromatic carbocycles. The molecule has 0 radical (unpaired) electrons. The van der Waals surface area contributed by atoms with Crippen molar-refractivity contribution in [3.05, 3.63) is 0 Å². The molecule has 0 aromatic heterocycles. The van der Waals surface area contributed by atoms with Crippen molar-refractivity contribution in [3.63, 3.8) is 0 Å². The van der Waals surface area contributed by atoms with E-state index in [2.05, 4.69) is 0 Å². The maximum Gasteiger partial charge on any atom is 0.224 e. The normalized spacial score (nSPS) is 25.5. The molecule has 1 atom stereocenters. The van der Waals surface area contributed by atoms with E-state index in [0.29, 0.717) is 19.5 Å². The Morgan fingerprint density at radius 2 is 2.18 bits per heavy atom. The van der Waals surface area contributed by atoms with Gasteiger partial charge < -0.3 is 14.9 Å². The number of carbonyl (C=O) groups excluding carboxylic acids is 2. The lowest BCUT2D eigenvalue weighted by Gasteiger charge is -2.35. The largest absolute Gasteiger partial charge is 0.396 e. The summed E-state index contributed by atoms with van der Waals surface area (Å²) in [6.45, 7) is 1.87. The van der Waals surface area contributed by atoms with Crippen LogP contribution in [0.3, 0.4) is 0 Å². The minimum Gasteiger partial charge on any atom is -0.396 e. The summed E-state index contributed by atoms with van der Waals surface area (Å²) < 4.78 is 0. The Balaban J connectivity index is 2.03. The SMILES string of the molecule is O=C(CCO)N1CCC(=O)N2CCCCC2C1. The number of hydrogen-bond donors (Lipinski definition) is 1. The molecule has 0 aliphatic carbocycles. The highest BCUT2D eigenvalue weighted by molar-refractivity contribution is 5.80. The van der Waals surface area contributed by atoms with Crippen LogP contribution in [0.25, 0.3) is 0 Å². The molecule has 17 heavy (non-hydrogen) atoms. The molecule has 0 saturated carbocycles. The van der Waals surface area contributed by atoms with Crippen LogP contribution in [0.15, 0.2) is 0 Å². The van der Waals surface area contributed by atoms with Crippen molar-refractivity contribution in [1.82, 2.24) is 9.80 Å². The molecular formula is C12H20N2O3. The zero-order valence-corrected chi connectivity index (χ0v) is 10.1. The van der Waals surface area contributed by atoms with E-state index in [9.17, 15) is 9.59 Å². The fourth-order valence-corrected chi connectivity index (χ4v) is 2.72. The van der Waals surface area contributed by atoms with Gasteiger partial charge in [0.1, 0.15) is 0 Å². The second-order valence-corrected chi connectivity index (χ2v) is 4.80. The summed E-state index contributed by atoms with van der Waals surface area (Å²) in [5.74, 6) is 0.140. The molecule has 2 fully saturated rings. The molecule has 5 nitrogen and oxygen atoms in total. The minimum atomic E-state index is -0.113. The van der Waals surface area contributed by atoms with Gasteiger partial charge in [-0.25, -0.2) is 0 Å². The smallest absolute Gasteiger partial charge is 0.224 e. The van der Waals surface area contributed by atoms with Crippen LogP contribution in [0.5, 0.6) is 0 Å². The standard InChI is InChI=1S/C12H20N2O3/c15-8-5-11(16)13-7-4-12(17)14-6-2-1-3-10(14)9-13/h10,15H,1-9H2. The second-order valence-electron chi connectivity index (χ2n) is 4.80. The number of amides is 2. The van der Waals surface area contributed by atoms with Crippen LogP contribution in [-0.4, -0.2) is 59.0 Å². The van der Waals surface area contributed by atoms with Crippen molar-refractivity contribution in [3.8, 4) is 0 Å². The Morgan fingerprint density at radius 3 is 2.94 bits per heavy atom. The van der Waals surface area contributed by atoms with Gasteiger partial charge in [0.2, 0.25) is 11.8 Å². The average molecular weight is 240 g/mol. The van der Waals surface area contributed by atoms with Gasteiger partial charge in [-0.15, -0.1) is 0 Å². The molecular weight excluding hydrogens is 220 g/mol. The number of carbonyl (C=O) groups is 2. The molecule has 2 saturated heterocycles. The monoisotopic (exact) mass is 240 g/mol. The summed E-state index contributed by atoms with van der Waals surface area (Å²) in [6.07, 6.45) is 3.80. The molecule has 0 bridgehead atoms. The average Bonchev–Trinajstić information content (AvgIpc) is 2.50. The predicted octanol–water partition coefficient (Wildman–Crippen LogP) is -0.0178. The molecule has 2 aliphatic heterocycles. The van der Waals surface area contributed by atoms with E-state index in [4.69, 9.17) is 5.11 Å². The van der Waals surface area contributed by atoms with E-state index < -0.39 is 0 Å². The van der Waals surface area contributed by atoms with E-state index in [1.54, 1.807) is 4.90 Å². The summed E-state index contributed by atoms with van der Waals surface area (Å²) in [5.41, 5.74) is 0. The lowest BCUT2D eigenvalue weighted by Crippen LogP contribution is -2.47. The van der Waals surface area contributed by atoms with E-state index in [-0.39, 0.29) is 30.9 Å². The zero-order chi connectivity index (χ0) is 12.3. The van der Waals surface area contributed by atoms with Crippen molar-refractivity contribution in [2.75, 3.05) is 26.2 Å². The van der Waals surface area contributed by atoms with E-state index in [0.717, 1.165) is 25.8 Å². The fourth-order valence-electron chi connectivity index (χ4n) is 2.72. The summed E-state index contributed by atoms with van der Waals surface area (Å²) in [6, 6.07) is 0.196. The second kappa shape index (κ2) is 5.49. The highest BCUT2D eigenvalue weighted by atomic mass is 16.3. The molecule has 0 spiro atoms. The topological polar surface area (TPSA) is 60.9 Å². The van der Waals surface area contributed by atoms with Crippen LogP contribution in [-0.2, 0) is 9.59 Å². The van der Waals surface area contributed by atoms with E-state index in [1.165, 1.54) is 0 Å². The van der Waals surface area contributed by atoms with Crippen molar-refractivity contribution in [1.29, 1.82) is 0 Å². The van der Waals surface area contributed by atoms with Gasteiger partial charge in [-0.3, -0.25) is 9.59 Å². The molecule has 2 amide bonds. The predicted molar refractivity (Wildman–Crippen MR) is 62.3 cm³/mol. The molecule has 2 aliphatic rings. The number of aliphatic hydroxyl groups is 1. The number of piperidine rings is 1. The summed E-state index contributed by atoms with van der Waals surface area (Å²) in [4.78, 5) is 27.4. The quantitative estimate of drug-likeness (QED) is 0.738. The van der Waals surface area contributed by atoms with Gasteiger partial charge in [0.05, 0.1) is 6.61 Å². The lowest BCUT2D eigenvalue weighted by atomic mass is 10.0. The zero-order valence-electron chi connectivity index (χ0n) is 10.1. The summed E-state index contributed by atoms with van der Waals surface area (Å²) >= 11 is 0. The first-order valence-electron chi connectivity index (χ1n) is 6.40. The minimum absolute atomic E-state index is 0.0345. The van der Waals surface area contributed by atoms with Gasteiger partial charge in [0.15, 0.2) is 0 Å². The van der Waals surface area contributed by atoms with E-state index in [1.807, 2.05) is 4.90 Å². The Hall–Kier alpha value is -1.10. The van der Waals surface area contributed by atoms with Crippen LogP contribution in [0.4, 0.5) is 0 Å². The van der Waals surface area contributed by atoms with Gasteiger partial charge in [0.25, 0.3) is 0 Å². The van der Waals surface area contributed by atoms with E-state index >= 15 is 0 Å². The molecule has 2 heterocycles. The molecule has 5 heteroatoms. The third-order valence-corrected chi connectivity index (χ3v) is 3.65. The maximum absolute atomic E-state index is 11.9. The highest BCUT2D eigenvalue weighted by Crippen LogP contribution is 2.22. The van der Waals surface area contributed by atoms with Gasteiger partial charge >= 0.3 is 0 Å². The summed E-state index contributed by atoms with van der Waals surface area (Å²) in [5, 5.41) is 8.80. The third-order valence-electron chi connectivity index (χ3n) is 3.65. The Morgan fingerprint density at radius 1 is 1.35 bits per heavy atom. The van der Waals surface area contributed by atoms with Crippen molar-refractivity contribution >= 4 is 11.8 Å². The Labute approximate surface area is 101 Å². The third kappa shape index (κ3) is 2.77. The first-order chi connectivity index (χ1) is 8.22. The van der Waals surface area contributed by atoms with Gasteiger partial charge in [-0.05, 0) is 19.3 Å². The lowest BCUT2D eigenvalue weighted by molar-refractivity contribution is -0.134. The van der Waals surface area contributed by atoms with Crippen molar-refractivity contribution in [2.45, 2.75) is 38.1 Å². The molecule has 1 unspecified atom stereocenters. The van der Waals surface area contributed by atoms with Crippen molar-refractivity contribution < 1.29 is 14.7 Å². The van der Waals surface area contributed by atoms with Crippen LogP contribution in [0, 0.1) is 0 Å². The van der Waals surface area contributed by atoms with Crippen LogP contribution < -0.4 is 0 Å². The fraction of sp³-hybridized carbons (Fsp3) is 0.833. The van der Waals surface area contributed by atoms with Gasteiger partial charge in [-0.2, -0.15) is 0 Å². The molecule has 0 aromatic rings. The Bertz CT molecular complexity index is 306. The van der Waals surface area contributed by atoms with Gasteiger partial charge in [-0.1, -0.05) is 0 Å². The van der Waals surface area contributed by atoms with Crippen molar-refractivity contribution in [2.24, 2.45) is 0 Å². The number of rotatable bonds is 2. The summed E-state index contributed by atoms with van der Waals surface area (Å²) in [7, 11) is 0. The van der Waals surface area contributed by atoms with Gasteiger partial charge in [0, 0.05) is 38.5 Å². The number of aliphatic hydroxyl groups excluding tert-OH is 1. The first-order valence-corrected chi connectivity index (χ1v) is 6.40. The first kappa shape index (κ1) is 12.4. The molecule has 1 N–H and O–H groups in total. The number of nitrogens with zero attached hydrogens (tertiary/aromatic N) is 2. The Kier molecular flexibility index (Phi) is 3.99.